The van der Waals surface area contributed by atoms with E-state index in [1.165, 1.54) is 0 Å². The molecule has 0 bridgehead atoms. The van der Waals surface area contributed by atoms with Crippen LogP contribution in [0.2, 0.25) is 0 Å². The molecule has 1 atom stereocenters. The highest BCUT2D eigenvalue weighted by atomic mass is 16.5. The summed E-state index contributed by atoms with van der Waals surface area (Å²) in [5.74, 6) is 0.0475. The fourth-order valence-corrected chi connectivity index (χ4v) is 2.05. The molecule has 0 aromatic heterocycles. The van der Waals surface area contributed by atoms with Crippen LogP contribution in [0.4, 0.5) is 0 Å². The normalized spacial score (nSPS) is 23.1. The number of rotatable bonds is 0. The summed E-state index contributed by atoms with van der Waals surface area (Å²) in [7, 11) is 0. The summed E-state index contributed by atoms with van der Waals surface area (Å²) < 4.78 is 5.45. The van der Waals surface area contributed by atoms with Crippen molar-refractivity contribution in [3.05, 3.63) is 47.5 Å². The van der Waals surface area contributed by atoms with E-state index in [4.69, 9.17) is 4.74 Å². The molecule has 0 fully saturated rings. The van der Waals surface area contributed by atoms with Crippen LogP contribution in [0, 0.1) is 0 Å². The van der Waals surface area contributed by atoms with Crippen molar-refractivity contribution in [1.82, 2.24) is 0 Å². The minimum Gasteiger partial charge on any atom is -0.361 e. The Morgan fingerprint density at radius 2 is 2.13 bits per heavy atom. The van der Waals surface area contributed by atoms with Gasteiger partial charge in [-0.3, -0.25) is 4.79 Å². The van der Waals surface area contributed by atoms with E-state index in [1.807, 2.05) is 36.4 Å². The summed E-state index contributed by atoms with van der Waals surface area (Å²) in [6.45, 7) is 0.195. The molecule has 15 heavy (non-hydrogen) atoms. The Balaban J connectivity index is 2.19. The van der Waals surface area contributed by atoms with Crippen LogP contribution in [-0.4, -0.2) is 18.5 Å². The Labute approximate surface area is 87.9 Å². The summed E-state index contributed by atoms with van der Waals surface area (Å²) in [4.78, 5) is 11.3. The Morgan fingerprint density at radius 3 is 3.07 bits per heavy atom. The Morgan fingerprint density at radius 1 is 1.27 bits per heavy atom. The van der Waals surface area contributed by atoms with Gasteiger partial charge >= 0.3 is 0 Å². The van der Waals surface area contributed by atoms with E-state index < -0.39 is 0 Å². The topological polar surface area (TPSA) is 26.3 Å². The minimum atomic E-state index is -0.0439. The maximum Gasteiger partial charge on any atom is 0.181 e. The summed E-state index contributed by atoms with van der Waals surface area (Å²) >= 11 is 0. The molecule has 0 spiro atoms. The number of carbonyl (C=O) groups excluding carboxylic acids is 1. The van der Waals surface area contributed by atoms with Gasteiger partial charge in [0, 0.05) is 0 Å². The van der Waals surface area contributed by atoms with Crippen molar-refractivity contribution in [2.45, 2.75) is 6.10 Å². The molecule has 1 aromatic rings. The molecule has 0 radical (unpaired) electrons. The van der Waals surface area contributed by atoms with Gasteiger partial charge in [-0.1, -0.05) is 36.4 Å². The number of benzene rings is 1. The summed E-state index contributed by atoms with van der Waals surface area (Å²) in [6, 6.07) is 8.05. The zero-order valence-corrected chi connectivity index (χ0v) is 8.14. The zero-order valence-electron chi connectivity index (χ0n) is 8.14. The second kappa shape index (κ2) is 3.17. The average molecular weight is 198 g/mol. The number of carbonyl (C=O) groups is 1. The van der Waals surface area contributed by atoms with E-state index >= 15 is 0 Å². The first kappa shape index (κ1) is 8.62. The van der Waals surface area contributed by atoms with Gasteiger partial charge < -0.3 is 4.74 Å². The Hall–Kier alpha value is -1.67. The van der Waals surface area contributed by atoms with Crippen LogP contribution in [0.25, 0.3) is 11.6 Å². The first-order chi connectivity index (χ1) is 7.34. The molecule has 1 unspecified atom stereocenters. The molecular weight excluding hydrogens is 188 g/mol. The van der Waals surface area contributed by atoms with Gasteiger partial charge in [0.05, 0.1) is 0 Å². The third-order valence-electron chi connectivity index (χ3n) is 2.75. The zero-order chi connectivity index (χ0) is 10.3. The molecule has 2 aliphatic rings. The SMILES string of the molecule is O=C1C=C2c3ccccc3C=CC2OC1. The van der Waals surface area contributed by atoms with E-state index in [0.717, 1.165) is 16.7 Å². The smallest absolute Gasteiger partial charge is 0.181 e. The van der Waals surface area contributed by atoms with Crippen molar-refractivity contribution < 1.29 is 9.53 Å². The minimum absolute atomic E-state index is 0.0439. The van der Waals surface area contributed by atoms with E-state index in [2.05, 4.69) is 0 Å². The molecule has 74 valence electrons. The molecule has 1 aliphatic carbocycles. The molecular formula is C13H10O2. The quantitative estimate of drug-likeness (QED) is 0.637. The van der Waals surface area contributed by atoms with Gasteiger partial charge in [-0.05, 0) is 22.8 Å². The predicted molar refractivity (Wildman–Crippen MR) is 58.2 cm³/mol. The molecule has 0 amide bonds. The molecule has 0 saturated heterocycles. The number of ether oxygens (including phenoxy) is 1. The van der Waals surface area contributed by atoms with Crippen LogP contribution in [0.5, 0.6) is 0 Å². The van der Waals surface area contributed by atoms with Crippen molar-refractivity contribution in [2.24, 2.45) is 0 Å². The van der Waals surface area contributed by atoms with Crippen LogP contribution in [0.3, 0.4) is 0 Å². The van der Waals surface area contributed by atoms with Crippen molar-refractivity contribution in [3.8, 4) is 0 Å². The monoisotopic (exact) mass is 198 g/mol. The lowest BCUT2D eigenvalue weighted by Crippen LogP contribution is -2.25. The highest BCUT2D eigenvalue weighted by Crippen LogP contribution is 2.32. The molecule has 2 nitrogen and oxygen atoms in total. The van der Waals surface area contributed by atoms with Gasteiger partial charge in [0.2, 0.25) is 0 Å². The van der Waals surface area contributed by atoms with Crippen LogP contribution in [-0.2, 0) is 9.53 Å². The third-order valence-corrected chi connectivity index (χ3v) is 2.75. The fourth-order valence-electron chi connectivity index (χ4n) is 2.05. The average Bonchev–Trinajstić information content (AvgIpc) is 2.29. The van der Waals surface area contributed by atoms with Crippen LogP contribution in [0.1, 0.15) is 11.1 Å². The van der Waals surface area contributed by atoms with Gasteiger partial charge in [0.15, 0.2) is 5.78 Å². The molecule has 2 heteroatoms. The summed E-state index contributed by atoms with van der Waals surface area (Å²) in [6.07, 6.45) is 5.71. The van der Waals surface area contributed by atoms with Crippen molar-refractivity contribution >= 4 is 17.4 Å². The standard InChI is InChI=1S/C13H10O2/c14-10-7-12-11-4-2-1-3-9(11)5-6-13(12)15-8-10/h1-7,13H,8H2. The molecule has 1 heterocycles. The summed E-state index contributed by atoms with van der Waals surface area (Å²) in [5, 5.41) is 0. The lowest BCUT2D eigenvalue weighted by Gasteiger charge is -2.26. The molecule has 1 aromatic carbocycles. The van der Waals surface area contributed by atoms with E-state index in [9.17, 15) is 4.79 Å². The van der Waals surface area contributed by atoms with Gasteiger partial charge in [-0.25, -0.2) is 0 Å². The molecule has 0 saturated carbocycles. The van der Waals surface area contributed by atoms with Gasteiger partial charge in [-0.2, -0.15) is 0 Å². The number of hydrogen-bond acceptors (Lipinski definition) is 2. The maximum atomic E-state index is 11.3. The van der Waals surface area contributed by atoms with Crippen LogP contribution < -0.4 is 0 Å². The third kappa shape index (κ3) is 1.34. The lowest BCUT2D eigenvalue weighted by atomic mass is 9.88. The van der Waals surface area contributed by atoms with Crippen LogP contribution >= 0.6 is 0 Å². The van der Waals surface area contributed by atoms with Crippen molar-refractivity contribution in [3.63, 3.8) is 0 Å². The number of fused-ring (bicyclic) bond motifs is 3. The van der Waals surface area contributed by atoms with E-state index in [1.54, 1.807) is 6.08 Å². The second-order valence-corrected chi connectivity index (χ2v) is 3.74. The van der Waals surface area contributed by atoms with E-state index in [-0.39, 0.29) is 18.5 Å². The van der Waals surface area contributed by atoms with Gasteiger partial charge in [0.1, 0.15) is 12.7 Å². The van der Waals surface area contributed by atoms with Gasteiger partial charge in [0.25, 0.3) is 0 Å². The fraction of sp³-hybridized carbons (Fsp3) is 0.154. The summed E-state index contributed by atoms with van der Waals surface area (Å²) in [5.41, 5.74) is 3.25. The van der Waals surface area contributed by atoms with Crippen molar-refractivity contribution in [1.29, 1.82) is 0 Å². The largest absolute Gasteiger partial charge is 0.361 e. The molecule has 3 rings (SSSR count). The highest BCUT2D eigenvalue weighted by Gasteiger charge is 2.24. The second-order valence-electron chi connectivity index (χ2n) is 3.74. The maximum absolute atomic E-state index is 11.3. The number of hydrogen-bond donors (Lipinski definition) is 0. The number of ketones is 1. The first-order valence-electron chi connectivity index (χ1n) is 4.98. The van der Waals surface area contributed by atoms with Crippen LogP contribution in [0.15, 0.2) is 36.4 Å². The highest BCUT2D eigenvalue weighted by molar-refractivity contribution is 6.01. The Bertz CT molecular complexity index is 483. The first-order valence-corrected chi connectivity index (χ1v) is 4.98. The van der Waals surface area contributed by atoms with E-state index in [0.29, 0.717) is 0 Å². The van der Waals surface area contributed by atoms with Crippen molar-refractivity contribution in [2.75, 3.05) is 6.61 Å². The lowest BCUT2D eigenvalue weighted by molar-refractivity contribution is -0.120. The Kier molecular flexibility index (Phi) is 1.82. The van der Waals surface area contributed by atoms with Gasteiger partial charge in [-0.15, -0.1) is 0 Å². The molecule has 1 aliphatic heterocycles. The predicted octanol–water partition coefficient (Wildman–Crippen LogP) is 2.06. The molecule has 0 N–H and O–H groups in total.